The van der Waals surface area contributed by atoms with Gasteiger partial charge in [-0.15, -0.1) is 0 Å². The van der Waals surface area contributed by atoms with Gasteiger partial charge < -0.3 is 15.2 Å². The summed E-state index contributed by atoms with van der Waals surface area (Å²) >= 11 is -2.18. The van der Waals surface area contributed by atoms with E-state index in [9.17, 15) is 22.2 Å². The number of rotatable bonds is 3. The molecule has 3 N–H and O–H groups in total. The van der Waals surface area contributed by atoms with Gasteiger partial charge in [-0.05, 0) is 24.3 Å². The predicted octanol–water partition coefficient (Wildman–Crippen LogP) is 2.01. The first-order chi connectivity index (χ1) is 8.29. The van der Waals surface area contributed by atoms with E-state index < -0.39 is 34.7 Å². The van der Waals surface area contributed by atoms with Crippen LogP contribution < -0.4 is 10.6 Å². The molecule has 0 bridgehead atoms. The van der Waals surface area contributed by atoms with Crippen molar-refractivity contribution in [2.45, 2.75) is 6.18 Å². The molecule has 0 aromatic heterocycles. The standard InChI is InChI=1S/C9H9F3N2O3S/c10-9(11,12)6-1-3-7(4-2-6)14-8(15)13-5-18(16)17/h1-4H,5H2,(H,16,17)(H2,13,14,15). The lowest BCUT2D eigenvalue weighted by Gasteiger charge is -2.09. The van der Waals surface area contributed by atoms with Crippen molar-refractivity contribution in [2.24, 2.45) is 0 Å². The highest BCUT2D eigenvalue weighted by molar-refractivity contribution is 7.79. The smallest absolute Gasteiger partial charge is 0.324 e. The number of carbonyl (C=O) groups excluding carboxylic acids is 1. The second-order valence-corrected chi connectivity index (χ2v) is 4.10. The summed E-state index contributed by atoms with van der Waals surface area (Å²) in [5.74, 6) is -0.466. The van der Waals surface area contributed by atoms with Crippen LogP contribution >= 0.6 is 0 Å². The molecule has 0 aliphatic heterocycles. The Balaban J connectivity index is 2.59. The van der Waals surface area contributed by atoms with Crippen LogP contribution in [0.2, 0.25) is 0 Å². The summed E-state index contributed by atoms with van der Waals surface area (Å²) in [5.41, 5.74) is -0.686. The number of benzene rings is 1. The number of hydrogen-bond donors (Lipinski definition) is 3. The maximum absolute atomic E-state index is 12.2. The third kappa shape index (κ3) is 4.72. The zero-order chi connectivity index (χ0) is 13.8. The highest BCUT2D eigenvalue weighted by atomic mass is 32.2. The zero-order valence-electron chi connectivity index (χ0n) is 8.82. The molecule has 0 aliphatic rings. The van der Waals surface area contributed by atoms with Crippen molar-refractivity contribution in [3.63, 3.8) is 0 Å². The van der Waals surface area contributed by atoms with Gasteiger partial charge in [0.2, 0.25) is 0 Å². The molecule has 0 radical (unpaired) electrons. The molecule has 0 saturated carbocycles. The van der Waals surface area contributed by atoms with E-state index in [-0.39, 0.29) is 5.69 Å². The van der Waals surface area contributed by atoms with Crippen LogP contribution in [-0.4, -0.2) is 20.7 Å². The van der Waals surface area contributed by atoms with E-state index in [4.69, 9.17) is 4.55 Å². The Labute approximate surface area is 103 Å². The molecule has 1 atom stereocenters. The molecule has 18 heavy (non-hydrogen) atoms. The molecule has 1 rings (SSSR count). The molecule has 100 valence electrons. The number of amides is 2. The van der Waals surface area contributed by atoms with E-state index in [1.807, 2.05) is 0 Å². The van der Waals surface area contributed by atoms with Gasteiger partial charge in [-0.2, -0.15) is 13.2 Å². The highest BCUT2D eigenvalue weighted by Crippen LogP contribution is 2.29. The maximum atomic E-state index is 12.2. The molecule has 0 spiro atoms. The van der Waals surface area contributed by atoms with Crippen molar-refractivity contribution in [1.29, 1.82) is 0 Å². The van der Waals surface area contributed by atoms with Gasteiger partial charge in [-0.3, -0.25) is 0 Å². The number of urea groups is 1. The second-order valence-electron chi connectivity index (χ2n) is 3.17. The van der Waals surface area contributed by atoms with Gasteiger partial charge in [0, 0.05) is 5.69 Å². The summed E-state index contributed by atoms with van der Waals surface area (Å²) in [6.07, 6.45) is -4.44. The SMILES string of the molecule is O=C(NCS(=O)O)Nc1ccc(C(F)(F)F)cc1. The van der Waals surface area contributed by atoms with Crippen LogP contribution in [0.15, 0.2) is 24.3 Å². The largest absolute Gasteiger partial charge is 0.416 e. The summed E-state index contributed by atoms with van der Waals surface area (Å²) in [4.78, 5) is 11.1. The topological polar surface area (TPSA) is 78.4 Å². The number of halogens is 3. The van der Waals surface area contributed by atoms with Crippen molar-refractivity contribution in [1.82, 2.24) is 5.32 Å². The van der Waals surface area contributed by atoms with Crippen LogP contribution in [0.3, 0.4) is 0 Å². The van der Waals surface area contributed by atoms with Gasteiger partial charge in [0.15, 0.2) is 11.1 Å². The fraction of sp³-hybridized carbons (Fsp3) is 0.222. The average Bonchev–Trinajstić information content (AvgIpc) is 2.26. The molecule has 0 fully saturated rings. The molecule has 2 amide bonds. The first-order valence-electron chi connectivity index (χ1n) is 4.58. The molecule has 1 unspecified atom stereocenters. The predicted molar refractivity (Wildman–Crippen MR) is 59.2 cm³/mol. The van der Waals surface area contributed by atoms with E-state index in [0.29, 0.717) is 0 Å². The monoisotopic (exact) mass is 282 g/mol. The number of alkyl halides is 3. The quantitative estimate of drug-likeness (QED) is 0.742. The summed E-state index contributed by atoms with van der Waals surface area (Å²) in [7, 11) is 0. The highest BCUT2D eigenvalue weighted by Gasteiger charge is 2.29. The Hall–Kier alpha value is -1.61. The van der Waals surface area contributed by atoms with Gasteiger partial charge in [0.1, 0.15) is 5.88 Å². The van der Waals surface area contributed by atoms with Gasteiger partial charge in [0.05, 0.1) is 5.56 Å². The van der Waals surface area contributed by atoms with Crippen LogP contribution in [0.4, 0.5) is 23.7 Å². The molecule has 0 heterocycles. The van der Waals surface area contributed by atoms with Crippen molar-refractivity contribution < 1.29 is 26.7 Å². The Kier molecular flexibility index (Phi) is 4.68. The van der Waals surface area contributed by atoms with Crippen LogP contribution in [-0.2, 0) is 17.3 Å². The molecule has 5 nitrogen and oxygen atoms in total. The summed E-state index contributed by atoms with van der Waals surface area (Å²) in [5, 5.41) is 4.27. The van der Waals surface area contributed by atoms with Crippen LogP contribution in [0.1, 0.15) is 5.56 Å². The molecule has 0 saturated heterocycles. The van der Waals surface area contributed by atoms with Gasteiger partial charge in [-0.25, -0.2) is 9.00 Å². The molecular formula is C9H9F3N2O3S. The normalized spacial score (nSPS) is 12.9. The molecule has 1 aromatic carbocycles. The number of carbonyl (C=O) groups is 1. The van der Waals surface area contributed by atoms with Gasteiger partial charge in [0.25, 0.3) is 0 Å². The third-order valence-electron chi connectivity index (χ3n) is 1.83. The summed E-state index contributed by atoms with van der Waals surface area (Å²) < 4.78 is 55.3. The van der Waals surface area contributed by atoms with Crippen molar-refractivity contribution in [3.8, 4) is 0 Å². The molecular weight excluding hydrogens is 273 g/mol. The van der Waals surface area contributed by atoms with Crippen molar-refractivity contribution >= 4 is 22.8 Å². The Morgan fingerprint density at radius 3 is 2.28 bits per heavy atom. The van der Waals surface area contributed by atoms with Crippen molar-refractivity contribution in [2.75, 3.05) is 11.2 Å². The van der Waals surface area contributed by atoms with Crippen LogP contribution in [0.5, 0.6) is 0 Å². The summed E-state index contributed by atoms with van der Waals surface area (Å²) in [6.45, 7) is 0. The first kappa shape index (κ1) is 14.5. The Morgan fingerprint density at radius 2 is 1.83 bits per heavy atom. The fourth-order valence-electron chi connectivity index (χ4n) is 1.05. The molecule has 9 heteroatoms. The first-order valence-corrected chi connectivity index (χ1v) is 5.86. The molecule has 0 aliphatic carbocycles. The Bertz CT molecular complexity index is 447. The minimum atomic E-state index is -4.44. The second kappa shape index (κ2) is 5.83. The van der Waals surface area contributed by atoms with E-state index in [2.05, 4.69) is 10.6 Å². The maximum Gasteiger partial charge on any atom is 0.416 e. The van der Waals surface area contributed by atoms with Crippen molar-refractivity contribution in [3.05, 3.63) is 29.8 Å². The Morgan fingerprint density at radius 1 is 1.28 bits per heavy atom. The third-order valence-corrected chi connectivity index (χ3v) is 2.22. The lowest BCUT2D eigenvalue weighted by Crippen LogP contribution is -2.31. The number of hydrogen-bond acceptors (Lipinski definition) is 2. The lowest BCUT2D eigenvalue weighted by atomic mass is 10.2. The van der Waals surface area contributed by atoms with E-state index in [1.54, 1.807) is 0 Å². The van der Waals surface area contributed by atoms with E-state index in [1.165, 1.54) is 0 Å². The average molecular weight is 282 g/mol. The van der Waals surface area contributed by atoms with Crippen LogP contribution in [0, 0.1) is 0 Å². The fourth-order valence-corrected chi connectivity index (χ4v) is 1.30. The number of nitrogens with one attached hydrogen (secondary N) is 2. The van der Waals surface area contributed by atoms with Gasteiger partial charge in [-0.1, -0.05) is 0 Å². The minimum Gasteiger partial charge on any atom is -0.324 e. The van der Waals surface area contributed by atoms with E-state index in [0.717, 1.165) is 24.3 Å². The zero-order valence-corrected chi connectivity index (χ0v) is 9.64. The summed E-state index contributed by atoms with van der Waals surface area (Å²) in [6, 6.07) is 3.02. The van der Waals surface area contributed by atoms with Gasteiger partial charge >= 0.3 is 12.2 Å². The van der Waals surface area contributed by atoms with Crippen LogP contribution in [0.25, 0.3) is 0 Å². The minimum absolute atomic E-state index is 0.143. The lowest BCUT2D eigenvalue weighted by molar-refractivity contribution is -0.137. The van der Waals surface area contributed by atoms with E-state index >= 15 is 0 Å². The number of anilines is 1. The molecule has 1 aromatic rings.